The Morgan fingerprint density at radius 1 is 0.421 bits per heavy atom. The number of fused-ring (bicyclic) bond motifs is 4. The molecule has 0 aromatic heterocycles. The van der Waals surface area contributed by atoms with E-state index >= 15 is 0 Å². The third-order valence-electron chi connectivity index (χ3n) is 11.6. The van der Waals surface area contributed by atoms with Crippen LogP contribution in [-0.2, 0) is 18.2 Å². The topological polar surface area (TPSA) is 6.48 Å². The normalized spacial score (nSPS) is 13.1. The summed E-state index contributed by atoms with van der Waals surface area (Å²) >= 11 is 6.76. The van der Waals surface area contributed by atoms with Gasteiger partial charge in [0.2, 0.25) is 0 Å². The van der Waals surface area contributed by atoms with Crippen LogP contribution in [0.3, 0.4) is 0 Å². The molecule has 0 radical (unpaired) electrons. The first-order valence-electron chi connectivity index (χ1n) is 19.5. The molecule has 57 heavy (non-hydrogen) atoms. The number of allylic oxidation sites excluding steroid dienone is 1. The Morgan fingerprint density at radius 2 is 1.04 bits per heavy atom. The van der Waals surface area contributed by atoms with Gasteiger partial charge in [-0.25, -0.2) is 0 Å². The highest BCUT2D eigenvalue weighted by molar-refractivity contribution is 8.25. The zero-order chi connectivity index (χ0) is 37.9. The van der Waals surface area contributed by atoms with Crippen molar-refractivity contribution >= 4 is 95.5 Å². The fourth-order valence-electron chi connectivity index (χ4n) is 8.96. The van der Waals surface area contributed by atoms with Gasteiger partial charge in [0.25, 0.3) is 0 Å². The Morgan fingerprint density at radius 3 is 1.74 bits per heavy atom. The van der Waals surface area contributed by atoms with Gasteiger partial charge in [0, 0.05) is 17.4 Å². The number of para-hydroxylation sites is 2. The number of benzene rings is 9. The monoisotopic (exact) mass is 764 g/mol. The van der Waals surface area contributed by atoms with Crippen LogP contribution >= 0.6 is 6.04 Å². The van der Waals surface area contributed by atoms with E-state index in [9.17, 15) is 0 Å². The molecule has 1 aliphatic heterocycles. The molecule has 2 aliphatic rings. The van der Waals surface area contributed by atoms with E-state index in [1.165, 1.54) is 65.5 Å². The largest absolute Gasteiger partial charge is 0.306 e. The molecule has 0 fully saturated rings. The van der Waals surface area contributed by atoms with Crippen molar-refractivity contribution in [2.24, 2.45) is 0 Å². The standard InChI is InChI=1S/C53H37N2PS/c57-56(45-22-9-3-10-23-45,46-24-11-4-12-25-46)47-31-29-37-27-28-39(33-42(37)34-47)40-30-32-49-50(35-40)54(43-18-5-1-6-19-43)51-36-41-17-13-15-38-16-14-26-48(52(38)41)53(51)55(49)44-20-7-2-8-21-44/h1-25,27-36H,26H2. The Kier molecular flexibility index (Phi) is 8.07. The van der Waals surface area contributed by atoms with Crippen molar-refractivity contribution in [3.05, 3.63) is 217 Å². The third kappa shape index (κ3) is 5.50. The van der Waals surface area contributed by atoms with Crippen LogP contribution in [-0.4, -0.2) is 0 Å². The van der Waals surface area contributed by atoms with Gasteiger partial charge < -0.3 is 9.80 Å². The van der Waals surface area contributed by atoms with Crippen molar-refractivity contribution in [1.29, 1.82) is 0 Å². The van der Waals surface area contributed by atoms with Crippen molar-refractivity contribution in [2.45, 2.75) is 6.42 Å². The SMILES string of the molecule is S=P(c1ccccc1)(c1ccccc1)c1ccc2ccc(-c3ccc4c(c3)N(c3ccccc3)c3cc5cccc6c5c(c3N4c3ccccc3)CC=C6)cc2c1. The van der Waals surface area contributed by atoms with E-state index in [0.29, 0.717) is 0 Å². The van der Waals surface area contributed by atoms with Crippen molar-refractivity contribution in [1.82, 2.24) is 0 Å². The highest BCUT2D eigenvalue weighted by atomic mass is 32.4. The van der Waals surface area contributed by atoms with Crippen molar-refractivity contribution in [3.8, 4) is 11.1 Å². The smallest absolute Gasteiger partial charge is 0.0745 e. The molecule has 0 saturated carbocycles. The summed E-state index contributed by atoms with van der Waals surface area (Å²) in [6.45, 7) is 0. The maximum absolute atomic E-state index is 6.76. The van der Waals surface area contributed by atoms with Crippen molar-refractivity contribution in [2.75, 3.05) is 9.80 Å². The third-order valence-corrected chi connectivity index (χ3v) is 16.5. The summed E-state index contributed by atoms with van der Waals surface area (Å²) in [5.74, 6) is 0. The first kappa shape index (κ1) is 33.8. The van der Waals surface area contributed by atoms with E-state index in [2.05, 4.69) is 222 Å². The first-order chi connectivity index (χ1) is 28.1. The molecule has 0 amide bonds. The van der Waals surface area contributed by atoms with Crippen molar-refractivity contribution in [3.63, 3.8) is 0 Å². The van der Waals surface area contributed by atoms with Crippen LogP contribution in [0.2, 0.25) is 0 Å². The molecule has 0 saturated heterocycles. The van der Waals surface area contributed by atoms with Crippen LogP contribution in [0, 0.1) is 0 Å². The highest BCUT2D eigenvalue weighted by Gasteiger charge is 2.34. The van der Waals surface area contributed by atoms with Gasteiger partial charge in [-0.3, -0.25) is 0 Å². The molecule has 11 rings (SSSR count). The molecule has 9 aromatic carbocycles. The summed E-state index contributed by atoms with van der Waals surface area (Å²) in [7, 11) is 0. The maximum Gasteiger partial charge on any atom is 0.0745 e. The molecule has 9 aromatic rings. The molecular weight excluding hydrogens is 728 g/mol. The zero-order valence-corrected chi connectivity index (χ0v) is 32.9. The van der Waals surface area contributed by atoms with Crippen LogP contribution in [0.1, 0.15) is 11.1 Å². The first-order valence-corrected chi connectivity index (χ1v) is 22.3. The molecule has 0 bridgehead atoms. The molecule has 1 heterocycles. The van der Waals surface area contributed by atoms with Crippen molar-refractivity contribution < 1.29 is 0 Å². The maximum atomic E-state index is 6.76. The quantitative estimate of drug-likeness (QED) is 0.156. The van der Waals surface area contributed by atoms with E-state index in [0.717, 1.165) is 34.7 Å². The lowest BCUT2D eigenvalue weighted by Crippen LogP contribution is -2.25. The second-order valence-electron chi connectivity index (χ2n) is 14.8. The molecule has 0 N–H and O–H groups in total. The molecule has 2 nitrogen and oxygen atoms in total. The molecule has 1 aliphatic carbocycles. The number of anilines is 6. The van der Waals surface area contributed by atoms with E-state index < -0.39 is 6.04 Å². The summed E-state index contributed by atoms with van der Waals surface area (Å²) < 4.78 is 0. The Bertz CT molecular complexity index is 3030. The van der Waals surface area contributed by atoms with Crippen LogP contribution in [0.25, 0.3) is 38.7 Å². The summed E-state index contributed by atoms with van der Waals surface area (Å²) in [5, 5.41) is 8.60. The van der Waals surface area contributed by atoms with Gasteiger partial charge >= 0.3 is 0 Å². The molecular formula is C53H37N2PS. The van der Waals surface area contributed by atoms with E-state index in [1.54, 1.807) is 0 Å². The Balaban J connectivity index is 1.11. The fraction of sp³-hybridized carbons (Fsp3) is 0.0189. The Labute approximate surface area is 338 Å². The van der Waals surface area contributed by atoms with Gasteiger partial charge in [-0.1, -0.05) is 170 Å². The zero-order valence-electron chi connectivity index (χ0n) is 31.2. The lowest BCUT2D eigenvalue weighted by Gasteiger charge is -2.42. The summed E-state index contributed by atoms with van der Waals surface area (Å²) in [4.78, 5) is 4.97. The van der Waals surface area contributed by atoms with Crippen LogP contribution in [0.4, 0.5) is 34.1 Å². The second-order valence-corrected chi connectivity index (χ2v) is 19.3. The minimum atomic E-state index is -2.30. The molecule has 0 unspecified atom stereocenters. The van der Waals surface area contributed by atoms with E-state index in [1.807, 2.05) is 0 Å². The van der Waals surface area contributed by atoms with Crippen LogP contribution in [0.5, 0.6) is 0 Å². The van der Waals surface area contributed by atoms with Gasteiger partial charge in [0.05, 0.1) is 22.7 Å². The van der Waals surface area contributed by atoms with Crippen LogP contribution in [0.15, 0.2) is 206 Å². The fourth-order valence-corrected chi connectivity index (χ4v) is 12.7. The minimum absolute atomic E-state index is 0.873. The minimum Gasteiger partial charge on any atom is -0.306 e. The van der Waals surface area contributed by atoms with Gasteiger partial charge in [0.15, 0.2) is 0 Å². The van der Waals surface area contributed by atoms with Gasteiger partial charge in [-0.15, -0.1) is 0 Å². The van der Waals surface area contributed by atoms with Gasteiger partial charge in [-0.2, -0.15) is 0 Å². The highest BCUT2D eigenvalue weighted by Crippen LogP contribution is 2.58. The summed E-state index contributed by atoms with van der Waals surface area (Å²) in [6, 6.07) is 70.6. The number of nitrogens with zero attached hydrogens (tertiary/aromatic N) is 2. The molecule has 0 spiro atoms. The van der Waals surface area contributed by atoms with E-state index in [-0.39, 0.29) is 0 Å². The van der Waals surface area contributed by atoms with Crippen LogP contribution < -0.4 is 25.7 Å². The van der Waals surface area contributed by atoms with Gasteiger partial charge in [0.1, 0.15) is 0 Å². The average Bonchev–Trinajstić information content (AvgIpc) is 3.29. The Hall–Kier alpha value is -6.51. The summed E-state index contributed by atoms with van der Waals surface area (Å²) in [6.07, 6.45) is 5.46. The van der Waals surface area contributed by atoms with E-state index in [4.69, 9.17) is 11.8 Å². The predicted octanol–water partition coefficient (Wildman–Crippen LogP) is 13.2. The number of rotatable bonds is 6. The second kappa shape index (κ2) is 13.6. The molecule has 270 valence electrons. The molecule has 0 atom stereocenters. The lowest BCUT2D eigenvalue weighted by atomic mass is 9.88. The average molecular weight is 765 g/mol. The summed E-state index contributed by atoms with van der Waals surface area (Å²) in [5.41, 5.74) is 12.0. The number of hydrogen-bond donors (Lipinski definition) is 0. The molecule has 4 heteroatoms. The lowest BCUT2D eigenvalue weighted by molar-refractivity contribution is 1.14. The number of hydrogen-bond acceptors (Lipinski definition) is 3. The predicted molar refractivity (Wildman–Crippen MR) is 249 cm³/mol. The van der Waals surface area contributed by atoms with Gasteiger partial charge in [-0.05, 0) is 121 Å².